The summed E-state index contributed by atoms with van der Waals surface area (Å²) in [6.07, 6.45) is 0.311. The van der Waals surface area contributed by atoms with E-state index in [1.807, 2.05) is 26.0 Å². The molecule has 0 aliphatic heterocycles. The molecule has 0 saturated heterocycles. The topological polar surface area (TPSA) is 29.5 Å². The highest BCUT2D eigenvalue weighted by Gasteiger charge is 1.97. The molecule has 126 valence electrons. The van der Waals surface area contributed by atoms with Crippen molar-refractivity contribution in [1.29, 1.82) is 0 Å². The molecule has 0 spiro atoms. The van der Waals surface area contributed by atoms with E-state index in [-0.39, 0.29) is 6.61 Å². The number of ether oxygens (including phenoxy) is 1. The van der Waals surface area contributed by atoms with Gasteiger partial charge in [-0.05, 0) is 43.4 Å². The molecule has 0 radical (unpaired) electrons. The summed E-state index contributed by atoms with van der Waals surface area (Å²) in [5, 5.41) is 8.77. The zero-order valence-corrected chi connectivity index (χ0v) is 15.0. The van der Waals surface area contributed by atoms with E-state index in [1.54, 1.807) is 0 Å². The average molecular weight is 314 g/mol. The lowest BCUT2D eigenvalue weighted by molar-refractivity contribution is 0.0657. The van der Waals surface area contributed by atoms with Gasteiger partial charge in [0.15, 0.2) is 0 Å². The van der Waals surface area contributed by atoms with Crippen molar-refractivity contribution in [2.24, 2.45) is 0 Å². The van der Waals surface area contributed by atoms with E-state index in [4.69, 9.17) is 9.84 Å². The summed E-state index contributed by atoms with van der Waals surface area (Å²) in [5.74, 6) is 0.572. The molecule has 0 saturated carbocycles. The van der Waals surface area contributed by atoms with Gasteiger partial charge in [-0.25, -0.2) is 0 Å². The Labute approximate surface area is 141 Å². The zero-order chi connectivity index (χ0) is 17.2. The van der Waals surface area contributed by atoms with Crippen LogP contribution in [0.2, 0.25) is 0 Å². The maximum Gasteiger partial charge on any atom is 0.0720 e. The SMILES string of the molecule is CC(C)c1ccc(CO)cc1.Cc1ccc(COC(C)C)cc1. The highest BCUT2D eigenvalue weighted by Crippen LogP contribution is 2.14. The first kappa shape index (κ1) is 19.4. The standard InChI is InChI=1S/C11H16O.C10H14O/c1-9(2)12-8-11-6-4-10(3)5-7-11;1-8(2)10-5-3-9(7-11)4-6-10/h4-7,9H,8H2,1-3H3;3-6,8,11H,7H2,1-2H3. The molecule has 0 aliphatic rings. The monoisotopic (exact) mass is 314 g/mol. The van der Waals surface area contributed by atoms with Gasteiger partial charge in [-0.3, -0.25) is 0 Å². The van der Waals surface area contributed by atoms with E-state index in [2.05, 4.69) is 57.2 Å². The third kappa shape index (κ3) is 7.96. The van der Waals surface area contributed by atoms with Crippen molar-refractivity contribution < 1.29 is 9.84 Å². The first-order valence-corrected chi connectivity index (χ1v) is 8.29. The van der Waals surface area contributed by atoms with E-state index in [9.17, 15) is 0 Å². The minimum Gasteiger partial charge on any atom is -0.392 e. The lowest BCUT2D eigenvalue weighted by Crippen LogP contribution is -2.01. The number of benzene rings is 2. The summed E-state index contributed by atoms with van der Waals surface area (Å²) in [4.78, 5) is 0. The van der Waals surface area contributed by atoms with E-state index < -0.39 is 0 Å². The van der Waals surface area contributed by atoms with Gasteiger partial charge in [0, 0.05) is 0 Å². The fraction of sp³-hybridized carbons (Fsp3) is 0.429. The van der Waals surface area contributed by atoms with Crippen LogP contribution < -0.4 is 0 Å². The van der Waals surface area contributed by atoms with Crippen LogP contribution in [0.3, 0.4) is 0 Å². The maximum absolute atomic E-state index is 8.77. The first-order valence-electron chi connectivity index (χ1n) is 8.29. The van der Waals surface area contributed by atoms with Gasteiger partial charge in [0.2, 0.25) is 0 Å². The molecule has 1 N–H and O–H groups in total. The van der Waals surface area contributed by atoms with Crippen molar-refractivity contribution in [3.05, 3.63) is 70.8 Å². The number of aliphatic hydroxyl groups is 1. The normalized spacial score (nSPS) is 10.6. The number of hydrogen-bond acceptors (Lipinski definition) is 2. The van der Waals surface area contributed by atoms with Crippen molar-refractivity contribution >= 4 is 0 Å². The molecular formula is C21H30O2. The zero-order valence-electron chi connectivity index (χ0n) is 15.0. The van der Waals surface area contributed by atoms with E-state index in [1.165, 1.54) is 16.7 Å². The van der Waals surface area contributed by atoms with Crippen molar-refractivity contribution in [2.75, 3.05) is 0 Å². The largest absolute Gasteiger partial charge is 0.392 e. The molecule has 0 atom stereocenters. The van der Waals surface area contributed by atoms with E-state index >= 15 is 0 Å². The fourth-order valence-corrected chi connectivity index (χ4v) is 1.96. The van der Waals surface area contributed by atoms with Crippen LogP contribution in [0.5, 0.6) is 0 Å². The molecule has 2 aromatic rings. The highest BCUT2D eigenvalue weighted by molar-refractivity contribution is 5.24. The molecule has 2 heteroatoms. The Bertz CT molecular complexity index is 539. The molecule has 0 aliphatic carbocycles. The van der Waals surface area contributed by atoms with Gasteiger partial charge in [-0.1, -0.05) is 67.9 Å². The molecule has 2 nitrogen and oxygen atoms in total. The van der Waals surface area contributed by atoms with Crippen molar-refractivity contribution in [3.8, 4) is 0 Å². The van der Waals surface area contributed by atoms with Gasteiger partial charge in [0.25, 0.3) is 0 Å². The van der Waals surface area contributed by atoms with Crippen LogP contribution in [0, 0.1) is 6.92 Å². The van der Waals surface area contributed by atoms with Crippen LogP contribution in [0.25, 0.3) is 0 Å². The van der Waals surface area contributed by atoms with Gasteiger partial charge in [-0.15, -0.1) is 0 Å². The number of aliphatic hydroxyl groups excluding tert-OH is 1. The average Bonchev–Trinajstić information content (AvgIpc) is 2.55. The number of aryl methyl sites for hydroxylation is 1. The molecule has 0 fully saturated rings. The summed E-state index contributed by atoms with van der Waals surface area (Å²) in [7, 11) is 0. The van der Waals surface area contributed by atoms with Gasteiger partial charge >= 0.3 is 0 Å². The number of rotatable bonds is 5. The smallest absolute Gasteiger partial charge is 0.0720 e. The second-order valence-corrected chi connectivity index (χ2v) is 6.40. The third-order valence-electron chi connectivity index (χ3n) is 3.53. The maximum atomic E-state index is 8.77. The van der Waals surface area contributed by atoms with Crippen molar-refractivity contribution in [1.82, 2.24) is 0 Å². The van der Waals surface area contributed by atoms with Crippen LogP contribution in [-0.4, -0.2) is 11.2 Å². The Morgan fingerprint density at radius 3 is 1.78 bits per heavy atom. The second-order valence-electron chi connectivity index (χ2n) is 6.40. The minimum atomic E-state index is 0.137. The van der Waals surface area contributed by atoms with Crippen molar-refractivity contribution in [3.63, 3.8) is 0 Å². The summed E-state index contributed by atoms with van der Waals surface area (Å²) >= 11 is 0. The molecule has 2 aromatic carbocycles. The molecule has 0 aromatic heterocycles. The minimum absolute atomic E-state index is 0.137. The molecule has 23 heavy (non-hydrogen) atoms. The van der Waals surface area contributed by atoms with Crippen molar-refractivity contribution in [2.45, 2.75) is 59.9 Å². The number of hydrogen-bond donors (Lipinski definition) is 1. The van der Waals surface area contributed by atoms with E-state index in [0.29, 0.717) is 12.0 Å². The summed E-state index contributed by atoms with van der Waals surface area (Å²) < 4.78 is 5.47. The Morgan fingerprint density at radius 1 is 0.826 bits per heavy atom. The molecule has 0 bridgehead atoms. The van der Waals surface area contributed by atoms with Crippen LogP contribution >= 0.6 is 0 Å². The van der Waals surface area contributed by atoms with Gasteiger partial charge in [0.1, 0.15) is 0 Å². The van der Waals surface area contributed by atoms with Crippen LogP contribution in [0.4, 0.5) is 0 Å². The predicted molar refractivity (Wildman–Crippen MR) is 97.6 cm³/mol. The third-order valence-corrected chi connectivity index (χ3v) is 3.53. The van der Waals surface area contributed by atoms with E-state index in [0.717, 1.165) is 12.2 Å². The molecule has 0 amide bonds. The summed E-state index contributed by atoms with van der Waals surface area (Å²) in [6, 6.07) is 16.5. The summed E-state index contributed by atoms with van der Waals surface area (Å²) in [6.45, 7) is 11.4. The molecule has 2 rings (SSSR count). The van der Waals surface area contributed by atoms with Gasteiger partial charge < -0.3 is 9.84 Å². The molecule has 0 heterocycles. The lowest BCUT2D eigenvalue weighted by Gasteiger charge is -2.07. The Morgan fingerprint density at radius 2 is 1.35 bits per heavy atom. The molecule has 0 unspecified atom stereocenters. The fourth-order valence-electron chi connectivity index (χ4n) is 1.96. The van der Waals surface area contributed by atoms with Gasteiger partial charge in [0.05, 0.1) is 19.3 Å². The quantitative estimate of drug-likeness (QED) is 0.819. The highest BCUT2D eigenvalue weighted by atomic mass is 16.5. The van der Waals surface area contributed by atoms with Gasteiger partial charge in [-0.2, -0.15) is 0 Å². The first-order chi connectivity index (χ1) is 10.9. The lowest BCUT2D eigenvalue weighted by atomic mass is 10.0. The Kier molecular flexibility index (Phi) is 8.60. The molecular weight excluding hydrogens is 284 g/mol. The second kappa shape index (κ2) is 10.2. The predicted octanol–water partition coefficient (Wildman–Crippen LogP) is 5.22. The Balaban J connectivity index is 0.000000231. The van der Waals surface area contributed by atoms with Crippen LogP contribution in [0.1, 0.15) is 55.9 Å². The van der Waals surface area contributed by atoms with Crippen LogP contribution in [0.15, 0.2) is 48.5 Å². The Hall–Kier alpha value is -1.64. The van der Waals surface area contributed by atoms with Crippen LogP contribution in [-0.2, 0) is 18.0 Å². The summed E-state index contributed by atoms with van der Waals surface area (Å²) in [5.41, 5.74) is 4.84.